The Balaban J connectivity index is 1.97. The monoisotopic (exact) mass is 295 g/mol. The van der Waals surface area contributed by atoms with Crippen LogP contribution in [0.4, 0.5) is 0 Å². The van der Waals surface area contributed by atoms with Gasteiger partial charge < -0.3 is 14.8 Å². The molecule has 2 aromatic rings. The fourth-order valence-electron chi connectivity index (χ4n) is 1.37. The third-order valence-electron chi connectivity index (χ3n) is 2.16. The second-order valence-corrected chi connectivity index (χ2v) is 4.24. The SMILES string of the molecule is O=C(NCc1cccc(O)c1)c1ccc(Br)o1. The number of rotatable bonds is 3. The summed E-state index contributed by atoms with van der Waals surface area (Å²) in [5.74, 6) is 0.133. The van der Waals surface area contributed by atoms with E-state index in [1.807, 2.05) is 6.07 Å². The minimum atomic E-state index is -0.293. The molecule has 0 unspecified atom stereocenters. The first-order valence-electron chi connectivity index (χ1n) is 4.96. The molecule has 1 aromatic carbocycles. The summed E-state index contributed by atoms with van der Waals surface area (Å²) in [6, 6.07) is 9.96. The summed E-state index contributed by atoms with van der Waals surface area (Å²) in [5, 5.41) is 12.0. The van der Waals surface area contributed by atoms with Crippen LogP contribution in [0.5, 0.6) is 5.75 Å². The molecule has 0 spiro atoms. The molecule has 17 heavy (non-hydrogen) atoms. The van der Waals surface area contributed by atoms with Crippen LogP contribution in [0.25, 0.3) is 0 Å². The van der Waals surface area contributed by atoms with Crippen LogP contribution in [0, 0.1) is 0 Å². The Bertz CT molecular complexity index is 536. The Hall–Kier alpha value is -1.75. The van der Waals surface area contributed by atoms with E-state index in [1.165, 1.54) is 0 Å². The minimum absolute atomic E-state index is 0.178. The van der Waals surface area contributed by atoms with Crippen LogP contribution in [-0.4, -0.2) is 11.0 Å². The van der Waals surface area contributed by atoms with Gasteiger partial charge >= 0.3 is 0 Å². The van der Waals surface area contributed by atoms with Crippen molar-refractivity contribution in [3.8, 4) is 5.75 Å². The number of amides is 1. The molecule has 0 aliphatic carbocycles. The third-order valence-corrected chi connectivity index (χ3v) is 2.59. The number of hydrogen-bond acceptors (Lipinski definition) is 3. The minimum Gasteiger partial charge on any atom is -0.508 e. The molecule has 5 heteroatoms. The first-order chi connectivity index (χ1) is 8.15. The average Bonchev–Trinajstić information content (AvgIpc) is 2.73. The molecule has 0 radical (unpaired) electrons. The number of furan rings is 1. The second-order valence-electron chi connectivity index (χ2n) is 3.46. The molecule has 0 atom stereocenters. The zero-order valence-electron chi connectivity index (χ0n) is 8.81. The number of carbonyl (C=O) groups is 1. The molecule has 1 aromatic heterocycles. The van der Waals surface area contributed by atoms with Gasteiger partial charge in [0, 0.05) is 6.54 Å². The van der Waals surface area contributed by atoms with Crippen molar-refractivity contribution in [2.75, 3.05) is 0 Å². The molecule has 0 bridgehead atoms. The summed E-state index contributed by atoms with van der Waals surface area (Å²) < 4.78 is 5.63. The fourth-order valence-corrected chi connectivity index (χ4v) is 1.68. The number of halogens is 1. The van der Waals surface area contributed by atoms with Gasteiger partial charge in [0.15, 0.2) is 10.4 Å². The molecule has 0 aliphatic heterocycles. The molecule has 1 amide bonds. The van der Waals surface area contributed by atoms with Crippen LogP contribution in [0.1, 0.15) is 16.1 Å². The molecule has 4 nitrogen and oxygen atoms in total. The highest BCUT2D eigenvalue weighted by molar-refractivity contribution is 9.10. The van der Waals surface area contributed by atoms with Gasteiger partial charge in [0.05, 0.1) is 0 Å². The van der Waals surface area contributed by atoms with Gasteiger partial charge in [-0.25, -0.2) is 0 Å². The number of aromatic hydroxyl groups is 1. The van der Waals surface area contributed by atoms with Crippen molar-refractivity contribution in [3.63, 3.8) is 0 Å². The number of carbonyl (C=O) groups excluding carboxylic acids is 1. The summed E-state index contributed by atoms with van der Waals surface area (Å²) in [7, 11) is 0. The van der Waals surface area contributed by atoms with Crippen molar-refractivity contribution in [3.05, 3.63) is 52.4 Å². The van der Waals surface area contributed by atoms with Crippen LogP contribution < -0.4 is 5.32 Å². The lowest BCUT2D eigenvalue weighted by atomic mass is 10.2. The van der Waals surface area contributed by atoms with Gasteiger partial charge in [-0.3, -0.25) is 4.79 Å². The number of phenols is 1. The lowest BCUT2D eigenvalue weighted by Crippen LogP contribution is -2.22. The molecular weight excluding hydrogens is 286 g/mol. The van der Waals surface area contributed by atoms with Gasteiger partial charge in [-0.15, -0.1) is 0 Å². The van der Waals surface area contributed by atoms with Crippen molar-refractivity contribution >= 4 is 21.8 Å². The Morgan fingerprint density at radius 2 is 2.18 bits per heavy atom. The van der Waals surface area contributed by atoms with Crippen LogP contribution in [0.15, 0.2) is 45.5 Å². The second kappa shape index (κ2) is 5.05. The Morgan fingerprint density at radius 3 is 2.82 bits per heavy atom. The standard InChI is InChI=1S/C12H10BrNO3/c13-11-5-4-10(17-11)12(16)14-7-8-2-1-3-9(15)6-8/h1-6,15H,7H2,(H,14,16). The zero-order chi connectivity index (χ0) is 12.3. The average molecular weight is 296 g/mol. The van der Waals surface area contributed by atoms with Crippen molar-refractivity contribution in [2.24, 2.45) is 0 Å². The zero-order valence-corrected chi connectivity index (χ0v) is 10.4. The fraction of sp³-hybridized carbons (Fsp3) is 0.0833. The highest BCUT2D eigenvalue weighted by Crippen LogP contribution is 2.14. The van der Waals surface area contributed by atoms with Crippen LogP contribution >= 0.6 is 15.9 Å². The maximum Gasteiger partial charge on any atom is 0.287 e. The predicted molar refractivity (Wildman–Crippen MR) is 65.7 cm³/mol. The molecule has 2 N–H and O–H groups in total. The van der Waals surface area contributed by atoms with Crippen molar-refractivity contribution in [1.29, 1.82) is 0 Å². The summed E-state index contributed by atoms with van der Waals surface area (Å²) in [5.41, 5.74) is 0.823. The summed E-state index contributed by atoms with van der Waals surface area (Å²) >= 11 is 3.13. The number of hydrogen-bond donors (Lipinski definition) is 2. The topological polar surface area (TPSA) is 62.5 Å². The van der Waals surface area contributed by atoms with Crippen LogP contribution in [0.3, 0.4) is 0 Å². The highest BCUT2D eigenvalue weighted by atomic mass is 79.9. The van der Waals surface area contributed by atoms with Crippen LogP contribution in [-0.2, 0) is 6.54 Å². The third kappa shape index (κ3) is 3.10. The molecule has 1 heterocycles. The Labute approximate surface area is 106 Å². The van der Waals surface area contributed by atoms with E-state index in [1.54, 1.807) is 30.3 Å². The van der Waals surface area contributed by atoms with Gasteiger partial charge in [-0.2, -0.15) is 0 Å². The molecular formula is C12H10BrNO3. The van der Waals surface area contributed by atoms with Crippen molar-refractivity contribution in [1.82, 2.24) is 5.32 Å². The van der Waals surface area contributed by atoms with Gasteiger partial charge in [0.25, 0.3) is 5.91 Å². The summed E-state index contributed by atoms with van der Waals surface area (Å²) in [6.45, 7) is 0.339. The van der Waals surface area contributed by atoms with E-state index >= 15 is 0 Å². The quantitative estimate of drug-likeness (QED) is 0.915. The van der Waals surface area contributed by atoms with Crippen LogP contribution in [0.2, 0.25) is 0 Å². The van der Waals surface area contributed by atoms with E-state index in [9.17, 15) is 9.90 Å². The normalized spacial score (nSPS) is 10.2. The van der Waals surface area contributed by atoms with Gasteiger partial charge in [0.1, 0.15) is 5.75 Å². The van der Waals surface area contributed by atoms with E-state index < -0.39 is 0 Å². The first kappa shape index (κ1) is 11.7. The van der Waals surface area contributed by atoms with Gasteiger partial charge in [0.2, 0.25) is 0 Å². The molecule has 0 saturated heterocycles. The summed E-state index contributed by atoms with van der Waals surface area (Å²) in [4.78, 5) is 11.6. The Kier molecular flexibility index (Phi) is 3.49. The first-order valence-corrected chi connectivity index (χ1v) is 5.76. The summed E-state index contributed by atoms with van der Waals surface area (Å²) in [6.07, 6.45) is 0. The Morgan fingerprint density at radius 1 is 1.35 bits per heavy atom. The smallest absolute Gasteiger partial charge is 0.287 e. The van der Waals surface area contributed by atoms with Crippen molar-refractivity contribution < 1.29 is 14.3 Å². The molecule has 0 saturated carbocycles. The largest absolute Gasteiger partial charge is 0.508 e. The molecule has 0 aliphatic rings. The number of benzene rings is 1. The van der Waals surface area contributed by atoms with Gasteiger partial charge in [-0.05, 0) is 45.8 Å². The number of phenolic OH excluding ortho intramolecular Hbond substituents is 1. The number of nitrogens with one attached hydrogen (secondary N) is 1. The van der Waals surface area contributed by atoms with E-state index in [0.717, 1.165) is 5.56 Å². The van der Waals surface area contributed by atoms with E-state index in [-0.39, 0.29) is 17.4 Å². The van der Waals surface area contributed by atoms with E-state index in [2.05, 4.69) is 21.2 Å². The lowest BCUT2D eigenvalue weighted by Gasteiger charge is -2.03. The van der Waals surface area contributed by atoms with E-state index in [0.29, 0.717) is 11.2 Å². The predicted octanol–water partition coefficient (Wildman–Crippen LogP) is 2.68. The maximum absolute atomic E-state index is 11.6. The maximum atomic E-state index is 11.6. The molecule has 0 fully saturated rings. The van der Waals surface area contributed by atoms with Crippen molar-refractivity contribution in [2.45, 2.75) is 6.54 Å². The molecule has 88 valence electrons. The highest BCUT2D eigenvalue weighted by Gasteiger charge is 2.09. The van der Waals surface area contributed by atoms with Gasteiger partial charge in [-0.1, -0.05) is 12.1 Å². The lowest BCUT2D eigenvalue weighted by molar-refractivity contribution is 0.0922. The molecule has 2 rings (SSSR count). The van der Waals surface area contributed by atoms with E-state index in [4.69, 9.17) is 4.42 Å².